The van der Waals surface area contributed by atoms with Gasteiger partial charge in [-0.25, -0.2) is 0 Å². The van der Waals surface area contributed by atoms with E-state index in [4.69, 9.17) is 0 Å². The summed E-state index contributed by atoms with van der Waals surface area (Å²) >= 11 is 0. The predicted molar refractivity (Wildman–Crippen MR) is 76.5 cm³/mol. The lowest BCUT2D eigenvalue weighted by Crippen LogP contribution is -2.45. The summed E-state index contributed by atoms with van der Waals surface area (Å²) in [6.45, 7) is 15.0. The van der Waals surface area contributed by atoms with Crippen LogP contribution in [0.3, 0.4) is 0 Å². The molecule has 0 heterocycles. The Kier molecular flexibility index (Phi) is 3.64. The first-order valence-electron chi connectivity index (χ1n) is 6.72. The first-order valence-corrected chi connectivity index (χ1v) is 6.72. The van der Waals surface area contributed by atoms with Crippen LogP contribution in [0, 0.1) is 22.2 Å². The lowest BCUT2D eigenvalue weighted by atomic mass is 9.54. The van der Waals surface area contributed by atoms with Crippen molar-refractivity contribution in [2.45, 2.75) is 54.9 Å². The van der Waals surface area contributed by atoms with Crippen molar-refractivity contribution in [1.29, 1.82) is 0 Å². The average Bonchev–Trinajstić information content (AvgIpc) is 2.17. The fourth-order valence-electron chi connectivity index (χ4n) is 3.44. The van der Waals surface area contributed by atoms with E-state index >= 15 is 0 Å². The smallest absolute Gasteiger partial charge is 0.0995 e. The van der Waals surface area contributed by atoms with Crippen LogP contribution in [0.2, 0.25) is 0 Å². The van der Waals surface area contributed by atoms with Crippen LogP contribution in [-0.4, -0.2) is 10.2 Å². The van der Waals surface area contributed by atoms with Crippen LogP contribution in [0.1, 0.15) is 54.9 Å². The Morgan fingerprint density at radius 1 is 1.11 bits per heavy atom. The van der Waals surface area contributed by atoms with Crippen molar-refractivity contribution in [3.8, 4) is 0 Å². The summed E-state index contributed by atoms with van der Waals surface area (Å²) in [5.41, 5.74) is -0.351. The molecule has 2 N–H and O–H groups in total. The molecule has 0 saturated carbocycles. The summed E-state index contributed by atoms with van der Waals surface area (Å²) in [5.74, 6) is 0.666. The molecule has 0 aromatic rings. The van der Waals surface area contributed by atoms with Crippen LogP contribution in [-0.2, 0) is 0 Å². The first-order chi connectivity index (χ1) is 7.92. The summed E-state index contributed by atoms with van der Waals surface area (Å²) in [4.78, 5) is 0. The van der Waals surface area contributed by atoms with Gasteiger partial charge in [0, 0.05) is 11.3 Å². The molecule has 18 heavy (non-hydrogen) atoms. The highest BCUT2D eigenvalue weighted by Crippen LogP contribution is 2.56. The first kappa shape index (κ1) is 15.1. The van der Waals surface area contributed by atoms with Crippen LogP contribution in [0.5, 0.6) is 0 Å². The van der Waals surface area contributed by atoms with Crippen LogP contribution in [0.15, 0.2) is 23.7 Å². The van der Waals surface area contributed by atoms with E-state index in [1.165, 1.54) is 0 Å². The maximum atomic E-state index is 10.4. The number of rotatable bonds is 2. The van der Waals surface area contributed by atoms with Crippen LogP contribution in [0.25, 0.3) is 0 Å². The highest BCUT2D eigenvalue weighted by molar-refractivity contribution is 5.28. The molecular formula is C16H28O2. The zero-order valence-corrected chi connectivity index (χ0v) is 12.8. The third-order valence-corrected chi connectivity index (χ3v) is 4.63. The minimum absolute atomic E-state index is 0.0696. The van der Waals surface area contributed by atoms with Gasteiger partial charge in [-0.3, -0.25) is 0 Å². The SMILES string of the molecule is CC1C(O)=CC=C(O)C1(C)C(C)(C)CC(C)(C)C. The number of aliphatic hydroxyl groups excluding tert-OH is 2. The predicted octanol–water partition coefficient (Wildman–Crippen LogP) is 4.99. The molecule has 2 heteroatoms. The zero-order chi connectivity index (χ0) is 14.4. The second kappa shape index (κ2) is 4.32. The van der Waals surface area contributed by atoms with Gasteiger partial charge in [0.2, 0.25) is 0 Å². The summed E-state index contributed by atoms with van der Waals surface area (Å²) in [6.07, 6.45) is 4.22. The van der Waals surface area contributed by atoms with Gasteiger partial charge >= 0.3 is 0 Å². The molecule has 0 aliphatic heterocycles. The van der Waals surface area contributed by atoms with Crippen molar-refractivity contribution >= 4 is 0 Å². The number of aliphatic hydroxyl groups is 2. The van der Waals surface area contributed by atoms with E-state index in [9.17, 15) is 10.2 Å². The molecule has 104 valence electrons. The maximum Gasteiger partial charge on any atom is 0.0995 e. The topological polar surface area (TPSA) is 40.5 Å². The fraction of sp³-hybridized carbons (Fsp3) is 0.750. The molecule has 2 unspecified atom stereocenters. The monoisotopic (exact) mass is 252 g/mol. The highest BCUT2D eigenvalue weighted by Gasteiger charge is 2.51. The molecule has 1 rings (SSSR count). The molecular weight excluding hydrogens is 224 g/mol. The zero-order valence-electron chi connectivity index (χ0n) is 12.8. The molecule has 0 amide bonds. The third kappa shape index (κ3) is 2.43. The van der Waals surface area contributed by atoms with E-state index in [2.05, 4.69) is 41.5 Å². The molecule has 0 fully saturated rings. The third-order valence-electron chi connectivity index (χ3n) is 4.63. The van der Waals surface area contributed by atoms with E-state index in [1.807, 2.05) is 6.92 Å². The van der Waals surface area contributed by atoms with Gasteiger partial charge in [-0.05, 0) is 29.4 Å². The Morgan fingerprint density at radius 3 is 2.06 bits per heavy atom. The molecule has 0 radical (unpaired) electrons. The van der Waals surface area contributed by atoms with Gasteiger partial charge in [0.05, 0.1) is 11.5 Å². The second-order valence-electron chi connectivity index (χ2n) is 7.69. The maximum absolute atomic E-state index is 10.4. The largest absolute Gasteiger partial charge is 0.512 e. The molecule has 0 saturated heterocycles. The Morgan fingerprint density at radius 2 is 1.61 bits per heavy atom. The van der Waals surface area contributed by atoms with Crippen molar-refractivity contribution in [3.05, 3.63) is 23.7 Å². The number of hydrogen-bond acceptors (Lipinski definition) is 2. The minimum atomic E-state index is -0.431. The molecule has 0 aromatic heterocycles. The molecule has 0 aromatic carbocycles. The lowest BCUT2D eigenvalue weighted by Gasteiger charge is -2.51. The van der Waals surface area contributed by atoms with E-state index in [0.29, 0.717) is 11.5 Å². The Balaban J connectivity index is 3.20. The van der Waals surface area contributed by atoms with Gasteiger partial charge in [0.25, 0.3) is 0 Å². The Bertz CT molecular complexity index is 382. The summed E-state index contributed by atoms with van der Waals surface area (Å²) in [7, 11) is 0. The van der Waals surface area contributed by atoms with E-state index < -0.39 is 5.41 Å². The van der Waals surface area contributed by atoms with Crippen molar-refractivity contribution in [1.82, 2.24) is 0 Å². The fourth-order valence-corrected chi connectivity index (χ4v) is 3.44. The van der Waals surface area contributed by atoms with Gasteiger partial charge in [-0.2, -0.15) is 0 Å². The standard InChI is InChI=1S/C16H28O2/c1-11-12(17)8-9-13(18)16(11,7)15(5,6)10-14(2,3)4/h8-9,11,17-18H,10H2,1-7H3. The number of hydrogen-bond donors (Lipinski definition) is 2. The van der Waals surface area contributed by atoms with E-state index in [0.717, 1.165) is 6.42 Å². The lowest BCUT2D eigenvalue weighted by molar-refractivity contribution is -0.00845. The van der Waals surface area contributed by atoms with Gasteiger partial charge in [0.15, 0.2) is 0 Å². The Labute approximate surface area is 111 Å². The van der Waals surface area contributed by atoms with Crippen molar-refractivity contribution in [2.75, 3.05) is 0 Å². The van der Waals surface area contributed by atoms with Gasteiger partial charge in [-0.1, -0.05) is 48.5 Å². The molecule has 2 nitrogen and oxygen atoms in total. The van der Waals surface area contributed by atoms with Crippen LogP contribution < -0.4 is 0 Å². The Hall–Kier alpha value is -0.920. The minimum Gasteiger partial charge on any atom is -0.512 e. The summed E-state index contributed by atoms with van der Waals surface area (Å²) in [6, 6.07) is 0. The second-order valence-corrected chi connectivity index (χ2v) is 7.69. The van der Waals surface area contributed by atoms with Crippen molar-refractivity contribution in [2.24, 2.45) is 22.2 Å². The quantitative estimate of drug-likeness (QED) is 0.727. The van der Waals surface area contributed by atoms with E-state index in [-0.39, 0.29) is 16.7 Å². The highest BCUT2D eigenvalue weighted by atomic mass is 16.3. The summed E-state index contributed by atoms with van der Waals surface area (Å²) in [5, 5.41) is 20.4. The normalized spacial score (nSPS) is 29.8. The van der Waals surface area contributed by atoms with Gasteiger partial charge in [-0.15, -0.1) is 0 Å². The number of allylic oxidation sites excluding steroid dienone is 4. The van der Waals surface area contributed by atoms with Crippen LogP contribution >= 0.6 is 0 Å². The van der Waals surface area contributed by atoms with E-state index in [1.54, 1.807) is 12.2 Å². The molecule has 0 spiro atoms. The van der Waals surface area contributed by atoms with Gasteiger partial charge < -0.3 is 10.2 Å². The summed E-state index contributed by atoms with van der Waals surface area (Å²) < 4.78 is 0. The average molecular weight is 252 g/mol. The van der Waals surface area contributed by atoms with Crippen LogP contribution in [0.4, 0.5) is 0 Å². The molecule has 2 atom stereocenters. The van der Waals surface area contributed by atoms with Crippen molar-refractivity contribution < 1.29 is 10.2 Å². The van der Waals surface area contributed by atoms with Crippen molar-refractivity contribution in [3.63, 3.8) is 0 Å². The molecule has 1 aliphatic carbocycles. The molecule has 0 bridgehead atoms. The van der Waals surface area contributed by atoms with Gasteiger partial charge in [0.1, 0.15) is 0 Å². The molecule has 1 aliphatic rings.